The van der Waals surface area contributed by atoms with E-state index in [-0.39, 0.29) is 23.1 Å². The fourth-order valence-corrected chi connectivity index (χ4v) is 3.00. The van der Waals surface area contributed by atoms with Gasteiger partial charge in [-0.05, 0) is 23.8 Å². The molecule has 0 atom stereocenters. The lowest BCUT2D eigenvalue weighted by Gasteiger charge is -2.13. The maximum atomic E-state index is 13.1. The van der Waals surface area contributed by atoms with Gasteiger partial charge in [-0.2, -0.15) is 13.2 Å². The number of halogens is 4. The summed E-state index contributed by atoms with van der Waals surface area (Å²) in [6, 6.07) is 5.54. The highest BCUT2D eigenvalue weighted by molar-refractivity contribution is 6.34. The summed E-state index contributed by atoms with van der Waals surface area (Å²) < 4.78 is 49.7. The number of anilines is 1. The Bertz CT molecular complexity index is 1120. The molecule has 158 valence electrons. The van der Waals surface area contributed by atoms with Gasteiger partial charge in [-0.25, -0.2) is 0 Å². The molecular formula is C18H14ClF3N4O4. The van der Waals surface area contributed by atoms with E-state index in [4.69, 9.17) is 21.1 Å². The minimum atomic E-state index is -4.72. The molecule has 0 bridgehead atoms. The molecule has 0 saturated heterocycles. The van der Waals surface area contributed by atoms with E-state index in [0.717, 1.165) is 12.1 Å². The predicted molar refractivity (Wildman–Crippen MR) is 103 cm³/mol. The summed E-state index contributed by atoms with van der Waals surface area (Å²) in [5, 5.41) is 22.7. The number of hydrogen-bond donors (Lipinski definition) is 1. The van der Waals surface area contributed by atoms with Gasteiger partial charge in [0.2, 0.25) is 0 Å². The molecule has 1 aromatic heterocycles. The van der Waals surface area contributed by atoms with Crippen molar-refractivity contribution in [2.24, 2.45) is 0 Å². The number of aromatic nitrogens is 2. The Morgan fingerprint density at radius 2 is 1.70 bits per heavy atom. The molecule has 0 radical (unpaired) electrons. The summed E-state index contributed by atoms with van der Waals surface area (Å²) >= 11 is 6.10. The number of nitrogens with one attached hydrogen (secondary N) is 1. The number of alkyl halides is 3. The second-order valence-electron chi connectivity index (χ2n) is 6.09. The largest absolute Gasteiger partial charge is 0.493 e. The van der Waals surface area contributed by atoms with Crippen molar-refractivity contribution in [2.75, 3.05) is 19.5 Å². The Balaban J connectivity index is 2.01. The standard InChI is InChI=1S/C18H14ClF3N4O4/c1-29-14-6-12-13(7-15(14)30-2)17(25-24-16(12)19)23-8-9-3-10(18(20,21)22)5-11(4-9)26(27)28/h3-7H,8H2,1-2H3,(H,23,25). The van der Waals surface area contributed by atoms with Gasteiger partial charge in [0.15, 0.2) is 22.5 Å². The molecule has 30 heavy (non-hydrogen) atoms. The number of ether oxygens (including phenoxy) is 2. The Hall–Kier alpha value is -3.34. The van der Waals surface area contributed by atoms with Crippen LogP contribution in [0.2, 0.25) is 5.15 Å². The van der Waals surface area contributed by atoms with Crippen molar-refractivity contribution in [3.63, 3.8) is 0 Å². The lowest BCUT2D eigenvalue weighted by molar-refractivity contribution is -0.385. The van der Waals surface area contributed by atoms with Crippen molar-refractivity contribution in [3.8, 4) is 11.5 Å². The van der Waals surface area contributed by atoms with E-state index in [9.17, 15) is 23.3 Å². The highest BCUT2D eigenvalue weighted by Crippen LogP contribution is 2.37. The summed E-state index contributed by atoms with van der Waals surface area (Å²) in [7, 11) is 2.89. The van der Waals surface area contributed by atoms with Crippen LogP contribution in [-0.4, -0.2) is 29.3 Å². The number of nitrogens with zero attached hydrogens (tertiary/aromatic N) is 3. The molecule has 0 amide bonds. The third-order valence-electron chi connectivity index (χ3n) is 4.21. The van der Waals surface area contributed by atoms with Crippen LogP contribution in [0.1, 0.15) is 11.1 Å². The topological polar surface area (TPSA) is 99.4 Å². The van der Waals surface area contributed by atoms with Crippen LogP contribution in [0, 0.1) is 10.1 Å². The van der Waals surface area contributed by atoms with Gasteiger partial charge in [-0.15, -0.1) is 10.2 Å². The lowest BCUT2D eigenvalue weighted by Crippen LogP contribution is -2.09. The number of hydrogen-bond acceptors (Lipinski definition) is 7. The molecule has 0 saturated carbocycles. The van der Waals surface area contributed by atoms with Gasteiger partial charge in [0.1, 0.15) is 0 Å². The molecule has 0 fully saturated rings. The molecule has 0 aliphatic rings. The molecule has 2 aromatic carbocycles. The summed E-state index contributed by atoms with van der Waals surface area (Å²) in [5.74, 6) is 0.988. The third-order valence-corrected chi connectivity index (χ3v) is 4.49. The monoisotopic (exact) mass is 442 g/mol. The van der Waals surface area contributed by atoms with Crippen molar-refractivity contribution in [1.29, 1.82) is 0 Å². The fourth-order valence-electron chi connectivity index (χ4n) is 2.81. The minimum Gasteiger partial charge on any atom is -0.493 e. The molecule has 1 N–H and O–H groups in total. The fraction of sp³-hybridized carbons (Fsp3) is 0.222. The van der Waals surface area contributed by atoms with Gasteiger partial charge < -0.3 is 14.8 Å². The molecular weight excluding hydrogens is 429 g/mol. The Morgan fingerprint density at radius 3 is 2.27 bits per heavy atom. The highest BCUT2D eigenvalue weighted by atomic mass is 35.5. The summed E-state index contributed by atoms with van der Waals surface area (Å²) in [6.07, 6.45) is -4.72. The smallest absolute Gasteiger partial charge is 0.416 e. The number of rotatable bonds is 6. The molecule has 0 aliphatic heterocycles. The van der Waals surface area contributed by atoms with Crippen LogP contribution in [-0.2, 0) is 12.7 Å². The molecule has 12 heteroatoms. The second kappa shape index (κ2) is 8.19. The molecule has 8 nitrogen and oxygen atoms in total. The molecule has 1 heterocycles. The van der Waals surface area contributed by atoms with E-state index < -0.39 is 22.4 Å². The van der Waals surface area contributed by atoms with Gasteiger partial charge in [-0.1, -0.05) is 11.6 Å². The molecule has 0 spiro atoms. The first-order valence-corrected chi connectivity index (χ1v) is 8.69. The van der Waals surface area contributed by atoms with Crippen molar-refractivity contribution < 1.29 is 27.6 Å². The zero-order valence-corrected chi connectivity index (χ0v) is 16.3. The zero-order valence-electron chi connectivity index (χ0n) is 15.6. The van der Waals surface area contributed by atoms with Gasteiger partial charge in [0.25, 0.3) is 5.69 Å². The number of benzene rings is 2. The van der Waals surface area contributed by atoms with Crippen LogP contribution < -0.4 is 14.8 Å². The van der Waals surface area contributed by atoms with E-state index in [1.54, 1.807) is 12.1 Å². The minimum absolute atomic E-state index is 0.0434. The van der Waals surface area contributed by atoms with Crippen molar-refractivity contribution in [2.45, 2.75) is 12.7 Å². The van der Waals surface area contributed by atoms with Crippen LogP contribution >= 0.6 is 11.6 Å². The van der Waals surface area contributed by atoms with Gasteiger partial charge in [0, 0.05) is 29.4 Å². The normalized spacial score (nSPS) is 11.4. The van der Waals surface area contributed by atoms with Crippen LogP contribution in [0.15, 0.2) is 30.3 Å². The zero-order chi connectivity index (χ0) is 22.1. The van der Waals surface area contributed by atoms with Crippen LogP contribution in [0.4, 0.5) is 24.7 Å². The van der Waals surface area contributed by atoms with E-state index in [2.05, 4.69) is 15.5 Å². The highest BCUT2D eigenvalue weighted by Gasteiger charge is 2.32. The number of non-ortho nitro benzene ring substituents is 1. The quantitative estimate of drug-likeness (QED) is 0.430. The van der Waals surface area contributed by atoms with Crippen molar-refractivity contribution >= 4 is 33.9 Å². The van der Waals surface area contributed by atoms with E-state index in [0.29, 0.717) is 28.3 Å². The first kappa shape index (κ1) is 21.4. The van der Waals surface area contributed by atoms with Crippen molar-refractivity contribution in [1.82, 2.24) is 10.2 Å². The molecule has 3 aromatic rings. The molecule has 0 unspecified atom stereocenters. The number of fused-ring (bicyclic) bond motifs is 1. The number of nitro benzene ring substituents is 1. The summed E-state index contributed by atoms with van der Waals surface area (Å²) in [4.78, 5) is 10.1. The maximum Gasteiger partial charge on any atom is 0.416 e. The van der Waals surface area contributed by atoms with E-state index in [1.165, 1.54) is 14.2 Å². The van der Waals surface area contributed by atoms with E-state index >= 15 is 0 Å². The predicted octanol–water partition coefficient (Wildman–Crippen LogP) is 4.84. The Morgan fingerprint density at radius 1 is 1.07 bits per heavy atom. The van der Waals surface area contributed by atoms with Gasteiger partial charge in [0.05, 0.1) is 24.7 Å². The average molecular weight is 443 g/mol. The summed E-state index contributed by atoms with van der Waals surface area (Å²) in [6.45, 7) is -0.176. The van der Waals surface area contributed by atoms with Crippen molar-refractivity contribution in [3.05, 3.63) is 56.7 Å². The van der Waals surface area contributed by atoms with Gasteiger partial charge >= 0.3 is 6.18 Å². The van der Waals surface area contributed by atoms with Crippen LogP contribution in [0.3, 0.4) is 0 Å². The first-order valence-electron chi connectivity index (χ1n) is 8.31. The third kappa shape index (κ3) is 4.30. The van der Waals surface area contributed by atoms with Gasteiger partial charge in [-0.3, -0.25) is 10.1 Å². The Kier molecular flexibility index (Phi) is 5.83. The molecule has 3 rings (SSSR count). The average Bonchev–Trinajstić information content (AvgIpc) is 2.71. The number of nitro groups is 1. The van der Waals surface area contributed by atoms with Crippen LogP contribution in [0.25, 0.3) is 10.8 Å². The first-order chi connectivity index (χ1) is 14.1. The van der Waals surface area contributed by atoms with Crippen LogP contribution in [0.5, 0.6) is 11.5 Å². The number of methoxy groups -OCH3 is 2. The maximum absolute atomic E-state index is 13.1. The second-order valence-corrected chi connectivity index (χ2v) is 6.45. The Labute approximate surface area is 172 Å². The van der Waals surface area contributed by atoms with E-state index in [1.807, 2.05) is 0 Å². The SMILES string of the molecule is COc1cc2c(Cl)nnc(NCc3cc([N+](=O)[O-])cc(C(F)(F)F)c3)c2cc1OC. The molecule has 0 aliphatic carbocycles. The summed E-state index contributed by atoms with van der Waals surface area (Å²) in [5.41, 5.74) is -1.74. The lowest BCUT2D eigenvalue weighted by atomic mass is 10.1.